The van der Waals surface area contributed by atoms with Crippen molar-refractivity contribution in [1.82, 2.24) is 15.2 Å². The Morgan fingerprint density at radius 1 is 1.35 bits per heavy atom. The van der Waals surface area contributed by atoms with Gasteiger partial charge in [0.2, 0.25) is 5.89 Å². The third-order valence-corrected chi connectivity index (χ3v) is 5.02. The molecule has 0 spiro atoms. The van der Waals surface area contributed by atoms with Crippen LogP contribution in [-0.2, 0) is 6.54 Å². The first kappa shape index (κ1) is 16.7. The highest BCUT2D eigenvalue weighted by Gasteiger charge is 2.20. The fraction of sp³-hybridized carbons (Fsp3) is 0.500. The van der Waals surface area contributed by atoms with Crippen LogP contribution < -0.4 is 5.32 Å². The monoisotopic (exact) mass is 377 g/mol. The van der Waals surface area contributed by atoms with Crippen molar-refractivity contribution in [3.8, 4) is 11.3 Å². The SMILES string of the molecule is CNCCC1CCN(Cc2ncc(-c3cccc(Br)c3)o2)CC1. The molecule has 1 aromatic carbocycles. The molecule has 0 radical (unpaired) electrons. The van der Waals surface area contributed by atoms with Crippen molar-refractivity contribution < 1.29 is 4.42 Å². The van der Waals surface area contributed by atoms with Gasteiger partial charge in [0.1, 0.15) is 0 Å². The van der Waals surface area contributed by atoms with Crippen LogP contribution in [0.3, 0.4) is 0 Å². The number of piperidine rings is 1. The summed E-state index contributed by atoms with van der Waals surface area (Å²) < 4.78 is 6.99. The molecular formula is C18H24BrN3O. The Balaban J connectivity index is 1.54. The number of nitrogens with zero attached hydrogens (tertiary/aromatic N) is 2. The van der Waals surface area contributed by atoms with Crippen LogP contribution in [0.25, 0.3) is 11.3 Å². The average molecular weight is 378 g/mol. The lowest BCUT2D eigenvalue weighted by atomic mass is 9.93. The Kier molecular flexibility index (Phi) is 5.86. The zero-order chi connectivity index (χ0) is 16.1. The first-order chi connectivity index (χ1) is 11.2. The Morgan fingerprint density at radius 3 is 2.91 bits per heavy atom. The molecule has 124 valence electrons. The molecule has 4 nitrogen and oxygen atoms in total. The predicted molar refractivity (Wildman–Crippen MR) is 96.2 cm³/mol. The van der Waals surface area contributed by atoms with E-state index >= 15 is 0 Å². The molecule has 3 rings (SSSR count). The van der Waals surface area contributed by atoms with Gasteiger partial charge < -0.3 is 9.73 Å². The van der Waals surface area contributed by atoms with E-state index in [1.807, 2.05) is 31.4 Å². The highest BCUT2D eigenvalue weighted by atomic mass is 79.9. The van der Waals surface area contributed by atoms with Gasteiger partial charge in [-0.1, -0.05) is 28.1 Å². The number of halogens is 1. The topological polar surface area (TPSA) is 41.3 Å². The lowest BCUT2D eigenvalue weighted by Gasteiger charge is -2.31. The maximum atomic E-state index is 5.94. The highest BCUT2D eigenvalue weighted by Crippen LogP contribution is 2.25. The van der Waals surface area contributed by atoms with Crippen LogP contribution in [0.4, 0.5) is 0 Å². The lowest BCUT2D eigenvalue weighted by molar-refractivity contribution is 0.160. The van der Waals surface area contributed by atoms with Crippen molar-refractivity contribution >= 4 is 15.9 Å². The summed E-state index contributed by atoms with van der Waals surface area (Å²) in [6, 6.07) is 8.12. The van der Waals surface area contributed by atoms with E-state index in [9.17, 15) is 0 Å². The number of benzene rings is 1. The van der Waals surface area contributed by atoms with Crippen LogP contribution in [0.2, 0.25) is 0 Å². The van der Waals surface area contributed by atoms with Crippen molar-refractivity contribution in [1.29, 1.82) is 0 Å². The predicted octanol–water partition coefficient (Wildman–Crippen LogP) is 3.93. The van der Waals surface area contributed by atoms with Gasteiger partial charge >= 0.3 is 0 Å². The zero-order valence-corrected chi connectivity index (χ0v) is 15.2. The van der Waals surface area contributed by atoms with E-state index in [1.165, 1.54) is 19.3 Å². The van der Waals surface area contributed by atoms with Crippen LogP contribution in [0.5, 0.6) is 0 Å². The molecule has 1 aliphatic heterocycles. The lowest BCUT2D eigenvalue weighted by Crippen LogP contribution is -2.34. The second-order valence-electron chi connectivity index (χ2n) is 6.24. The molecule has 0 atom stereocenters. The van der Waals surface area contributed by atoms with Crippen molar-refractivity contribution in [2.75, 3.05) is 26.7 Å². The van der Waals surface area contributed by atoms with E-state index in [0.29, 0.717) is 0 Å². The number of aromatic nitrogens is 1. The molecule has 0 saturated carbocycles. The van der Waals surface area contributed by atoms with Crippen molar-refractivity contribution in [2.24, 2.45) is 5.92 Å². The van der Waals surface area contributed by atoms with E-state index in [1.54, 1.807) is 0 Å². The van der Waals surface area contributed by atoms with Gasteiger partial charge in [0.05, 0.1) is 12.7 Å². The third kappa shape index (κ3) is 4.66. The van der Waals surface area contributed by atoms with Gasteiger partial charge in [-0.3, -0.25) is 4.90 Å². The molecule has 0 unspecified atom stereocenters. The number of oxazole rings is 1. The Bertz CT molecular complexity index is 620. The van der Waals surface area contributed by atoms with E-state index in [-0.39, 0.29) is 0 Å². The maximum absolute atomic E-state index is 5.94. The highest BCUT2D eigenvalue weighted by molar-refractivity contribution is 9.10. The van der Waals surface area contributed by atoms with Crippen LogP contribution in [0, 0.1) is 5.92 Å². The largest absolute Gasteiger partial charge is 0.439 e. The molecule has 0 amide bonds. The fourth-order valence-electron chi connectivity index (χ4n) is 3.13. The second kappa shape index (κ2) is 8.08. The molecule has 1 saturated heterocycles. The Hall–Kier alpha value is -1.17. The smallest absolute Gasteiger partial charge is 0.209 e. The molecule has 2 aromatic rings. The number of likely N-dealkylation sites (tertiary alicyclic amines) is 1. The molecule has 1 fully saturated rings. The molecule has 1 N–H and O–H groups in total. The minimum absolute atomic E-state index is 0.812. The van der Waals surface area contributed by atoms with Crippen LogP contribution in [-0.4, -0.2) is 36.6 Å². The van der Waals surface area contributed by atoms with Crippen molar-refractivity contribution in [3.05, 3.63) is 40.8 Å². The minimum atomic E-state index is 0.812. The standard InChI is InChI=1S/C18H24BrN3O/c1-20-8-5-14-6-9-22(10-7-14)13-18-21-12-17(23-18)15-3-2-4-16(19)11-15/h2-4,11-12,14,20H,5-10,13H2,1H3. The number of nitrogens with one attached hydrogen (secondary N) is 1. The summed E-state index contributed by atoms with van der Waals surface area (Å²) in [4.78, 5) is 6.90. The minimum Gasteiger partial charge on any atom is -0.439 e. The molecule has 0 aliphatic carbocycles. The summed E-state index contributed by atoms with van der Waals surface area (Å²) >= 11 is 3.49. The molecular weight excluding hydrogens is 354 g/mol. The van der Waals surface area contributed by atoms with Crippen LogP contribution in [0.1, 0.15) is 25.2 Å². The van der Waals surface area contributed by atoms with E-state index in [4.69, 9.17) is 4.42 Å². The zero-order valence-electron chi connectivity index (χ0n) is 13.6. The summed E-state index contributed by atoms with van der Waals surface area (Å²) in [5.74, 6) is 2.51. The summed E-state index contributed by atoms with van der Waals surface area (Å²) in [6.07, 6.45) is 5.68. The molecule has 0 bridgehead atoms. The fourth-order valence-corrected chi connectivity index (χ4v) is 3.53. The van der Waals surface area contributed by atoms with E-state index in [2.05, 4.69) is 37.2 Å². The van der Waals surface area contributed by atoms with Gasteiger partial charge in [0.15, 0.2) is 5.76 Å². The second-order valence-corrected chi connectivity index (χ2v) is 7.16. The summed E-state index contributed by atoms with van der Waals surface area (Å²) in [7, 11) is 2.03. The van der Waals surface area contributed by atoms with Gasteiger partial charge in [-0.15, -0.1) is 0 Å². The normalized spacial score (nSPS) is 16.8. The third-order valence-electron chi connectivity index (χ3n) is 4.53. The van der Waals surface area contributed by atoms with Gasteiger partial charge in [-0.25, -0.2) is 4.98 Å². The molecule has 1 aromatic heterocycles. The molecule has 1 aliphatic rings. The molecule has 5 heteroatoms. The summed E-state index contributed by atoms with van der Waals surface area (Å²) in [5.41, 5.74) is 1.06. The van der Waals surface area contributed by atoms with Gasteiger partial charge in [-0.05, 0) is 64.0 Å². The number of hydrogen-bond acceptors (Lipinski definition) is 4. The first-order valence-corrected chi connectivity index (χ1v) is 9.11. The number of rotatable bonds is 6. The van der Waals surface area contributed by atoms with E-state index in [0.717, 1.165) is 53.8 Å². The average Bonchev–Trinajstić information content (AvgIpc) is 3.03. The summed E-state index contributed by atoms with van der Waals surface area (Å²) in [6.45, 7) is 4.22. The number of hydrogen-bond donors (Lipinski definition) is 1. The van der Waals surface area contributed by atoms with Gasteiger partial charge in [-0.2, -0.15) is 0 Å². The Morgan fingerprint density at radius 2 is 2.17 bits per heavy atom. The Labute approximate surface area is 146 Å². The van der Waals surface area contributed by atoms with Gasteiger partial charge in [0.25, 0.3) is 0 Å². The van der Waals surface area contributed by atoms with E-state index < -0.39 is 0 Å². The van der Waals surface area contributed by atoms with Gasteiger partial charge in [0, 0.05) is 10.0 Å². The summed E-state index contributed by atoms with van der Waals surface area (Å²) in [5, 5.41) is 3.25. The molecule has 2 heterocycles. The van der Waals surface area contributed by atoms with Crippen molar-refractivity contribution in [3.63, 3.8) is 0 Å². The van der Waals surface area contributed by atoms with Crippen LogP contribution in [0.15, 0.2) is 39.4 Å². The van der Waals surface area contributed by atoms with Crippen LogP contribution >= 0.6 is 15.9 Å². The molecule has 23 heavy (non-hydrogen) atoms. The van der Waals surface area contributed by atoms with Crippen molar-refractivity contribution in [2.45, 2.75) is 25.8 Å². The quantitative estimate of drug-likeness (QED) is 0.827. The maximum Gasteiger partial charge on any atom is 0.209 e. The first-order valence-electron chi connectivity index (χ1n) is 8.32.